The summed E-state index contributed by atoms with van der Waals surface area (Å²) in [7, 11) is 0. The third-order valence-electron chi connectivity index (χ3n) is 5.56. The summed E-state index contributed by atoms with van der Waals surface area (Å²) in [6, 6.07) is 7.60. The Morgan fingerprint density at radius 2 is 2.07 bits per heavy atom. The molecule has 1 N–H and O–H groups in total. The second kappa shape index (κ2) is 8.22. The van der Waals surface area contributed by atoms with Crippen molar-refractivity contribution in [1.29, 1.82) is 0 Å². The summed E-state index contributed by atoms with van der Waals surface area (Å²) in [6.07, 6.45) is 10.2. The van der Waals surface area contributed by atoms with E-state index in [1.54, 1.807) is 0 Å². The molecule has 3 heteroatoms. The average molecular weight is 378 g/mol. The first-order valence-electron chi connectivity index (χ1n) is 10.2. The lowest BCUT2D eigenvalue weighted by atomic mass is 9.72. The molecule has 0 spiro atoms. The number of benzene rings is 1. The molecule has 1 aromatic heterocycles. The van der Waals surface area contributed by atoms with Crippen molar-refractivity contribution in [3.63, 3.8) is 0 Å². The van der Waals surface area contributed by atoms with Crippen LogP contribution in [0.25, 0.3) is 17.0 Å². The lowest BCUT2D eigenvalue weighted by Crippen LogP contribution is -2.22. The predicted molar refractivity (Wildman–Crippen MR) is 117 cm³/mol. The first-order valence-corrected chi connectivity index (χ1v) is 10.2. The Bertz CT molecular complexity index is 970. The number of amides is 1. The molecule has 1 amide bonds. The monoisotopic (exact) mass is 377 g/mol. The van der Waals surface area contributed by atoms with Gasteiger partial charge in [-0.25, -0.2) is 0 Å². The fourth-order valence-corrected chi connectivity index (χ4v) is 4.02. The topological polar surface area (TPSA) is 42.2 Å². The minimum atomic E-state index is -0.0734. The minimum absolute atomic E-state index is 0.0734. The van der Waals surface area contributed by atoms with Crippen molar-refractivity contribution in [3.8, 4) is 0 Å². The molecular weight excluding hydrogens is 346 g/mol. The largest absolute Gasteiger partial charge is 0.457 e. The highest BCUT2D eigenvalue weighted by Crippen LogP contribution is 2.40. The quantitative estimate of drug-likeness (QED) is 0.591. The van der Waals surface area contributed by atoms with E-state index in [-0.39, 0.29) is 11.3 Å². The number of hydrogen-bond donors (Lipinski definition) is 1. The van der Waals surface area contributed by atoms with Gasteiger partial charge >= 0.3 is 0 Å². The van der Waals surface area contributed by atoms with Crippen LogP contribution in [-0.4, -0.2) is 12.5 Å². The van der Waals surface area contributed by atoms with Crippen LogP contribution < -0.4 is 5.32 Å². The zero-order chi connectivity index (χ0) is 20.3. The fourth-order valence-electron chi connectivity index (χ4n) is 4.02. The molecule has 0 bridgehead atoms. The van der Waals surface area contributed by atoms with E-state index in [0.29, 0.717) is 12.1 Å². The highest BCUT2D eigenvalue weighted by molar-refractivity contribution is 5.97. The molecule has 2 aromatic rings. The van der Waals surface area contributed by atoms with Crippen molar-refractivity contribution in [1.82, 2.24) is 5.32 Å². The van der Waals surface area contributed by atoms with Gasteiger partial charge < -0.3 is 9.73 Å². The number of furan rings is 1. The van der Waals surface area contributed by atoms with Gasteiger partial charge in [0, 0.05) is 17.5 Å². The van der Waals surface area contributed by atoms with Crippen molar-refractivity contribution in [2.24, 2.45) is 5.41 Å². The van der Waals surface area contributed by atoms with Gasteiger partial charge in [0.2, 0.25) is 0 Å². The highest BCUT2D eigenvalue weighted by atomic mass is 16.3. The van der Waals surface area contributed by atoms with Crippen molar-refractivity contribution in [3.05, 3.63) is 64.5 Å². The van der Waals surface area contributed by atoms with Gasteiger partial charge in [-0.05, 0) is 80.9 Å². The van der Waals surface area contributed by atoms with Gasteiger partial charge in [0.05, 0.1) is 0 Å². The Hall–Kier alpha value is -2.55. The first kappa shape index (κ1) is 20.2. The predicted octanol–water partition coefficient (Wildman–Crippen LogP) is 6.67. The summed E-state index contributed by atoms with van der Waals surface area (Å²) in [5.41, 5.74) is 5.71. The summed E-state index contributed by atoms with van der Waals surface area (Å²) in [6.45, 7) is 11.5. The highest BCUT2D eigenvalue weighted by Gasteiger charge is 2.26. The van der Waals surface area contributed by atoms with E-state index in [2.05, 4.69) is 45.2 Å². The molecule has 0 saturated heterocycles. The van der Waals surface area contributed by atoms with E-state index < -0.39 is 0 Å². The number of fused-ring (bicyclic) bond motifs is 1. The zero-order valence-corrected chi connectivity index (χ0v) is 17.7. The third kappa shape index (κ3) is 4.46. The number of allylic oxidation sites excluding steroid dienone is 5. The van der Waals surface area contributed by atoms with Gasteiger partial charge in [-0.15, -0.1) is 0 Å². The molecule has 1 aliphatic carbocycles. The molecule has 0 aliphatic heterocycles. The fraction of sp³-hybridized carbons (Fsp3) is 0.400. The lowest BCUT2D eigenvalue weighted by molar-refractivity contribution is 0.0956. The van der Waals surface area contributed by atoms with Crippen LogP contribution in [0.15, 0.2) is 57.6 Å². The minimum Gasteiger partial charge on any atom is -0.457 e. The zero-order valence-electron chi connectivity index (χ0n) is 17.7. The number of rotatable bonds is 5. The van der Waals surface area contributed by atoms with Crippen molar-refractivity contribution in [2.45, 2.75) is 53.9 Å². The molecule has 0 unspecified atom stereocenters. The Morgan fingerprint density at radius 3 is 2.79 bits per heavy atom. The van der Waals surface area contributed by atoms with Crippen molar-refractivity contribution >= 4 is 23.0 Å². The number of hydrogen-bond acceptors (Lipinski definition) is 2. The molecular formula is C25H31NO2. The average Bonchev–Trinajstić information content (AvgIpc) is 3.02. The third-order valence-corrected chi connectivity index (χ3v) is 5.56. The second-order valence-corrected chi connectivity index (χ2v) is 8.41. The summed E-state index contributed by atoms with van der Waals surface area (Å²) in [5.74, 6) is 0.731. The summed E-state index contributed by atoms with van der Waals surface area (Å²) >= 11 is 0. The molecule has 1 aliphatic rings. The maximum atomic E-state index is 12.0. The molecule has 0 radical (unpaired) electrons. The Balaban J connectivity index is 1.82. The van der Waals surface area contributed by atoms with Crippen LogP contribution in [0, 0.1) is 5.41 Å². The second-order valence-electron chi connectivity index (χ2n) is 8.41. The van der Waals surface area contributed by atoms with Crippen molar-refractivity contribution < 1.29 is 9.21 Å². The van der Waals surface area contributed by atoms with E-state index in [1.807, 2.05) is 37.3 Å². The van der Waals surface area contributed by atoms with Crippen LogP contribution in [0.1, 0.15) is 70.0 Å². The van der Waals surface area contributed by atoms with E-state index in [0.717, 1.165) is 22.3 Å². The van der Waals surface area contributed by atoms with Gasteiger partial charge in [0.15, 0.2) is 0 Å². The smallest absolute Gasteiger partial charge is 0.251 e. The van der Waals surface area contributed by atoms with Crippen LogP contribution >= 0.6 is 0 Å². The summed E-state index contributed by atoms with van der Waals surface area (Å²) in [5, 5.41) is 3.82. The van der Waals surface area contributed by atoms with E-state index >= 15 is 0 Å². The van der Waals surface area contributed by atoms with Crippen LogP contribution in [0.3, 0.4) is 0 Å². The molecule has 3 nitrogen and oxygen atoms in total. The summed E-state index contributed by atoms with van der Waals surface area (Å²) < 4.78 is 5.96. The molecule has 0 saturated carbocycles. The van der Waals surface area contributed by atoms with Gasteiger partial charge in [-0.2, -0.15) is 0 Å². The summed E-state index contributed by atoms with van der Waals surface area (Å²) in [4.78, 5) is 12.0. The molecule has 1 heterocycles. The number of nitrogens with one attached hydrogen (secondary N) is 1. The molecule has 148 valence electrons. The van der Waals surface area contributed by atoms with E-state index in [4.69, 9.17) is 4.42 Å². The Kier molecular flexibility index (Phi) is 5.93. The van der Waals surface area contributed by atoms with Gasteiger partial charge in [0.1, 0.15) is 11.3 Å². The Labute approximate surface area is 168 Å². The standard InChI is InChI=1S/C25H31NO2/c1-6-26-24(27)20-11-10-19-15-21(28-23(19)16-20)14-17(2)9-12-22-18(3)8-7-13-25(22,4)5/h9-12,14-16H,6-8,13H2,1-5H3,(H,26,27)/b12-9?,17-14+. The van der Waals surface area contributed by atoms with Gasteiger partial charge in [-0.3, -0.25) is 4.79 Å². The van der Waals surface area contributed by atoms with Gasteiger partial charge in [-0.1, -0.05) is 37.6 Å². The van der Waals surface area contributed by atoms with Crippen molar-refractivity contribution in [2.75, 3.05) is 6.54 Å². The SMILES string of the molecule is CCNC(=O)c1ccc2cc(/C=C(\C)C=CC3=C(C)CCCC3(C)C)oc2c1. The molecule has 28 heavy (non-hydrogen) atoms. The van der Waals surface area contributed by atoms with Crippen LogP contribution in [0.5, 0.6) is 0 Å². The molecule has 0 atom stereocenters. The molecule has 0 fully saturated rings. The van der Waals surface area contributed by atoms with E-state index in [1.165, 1.54) is 30.4 Å². The lowest BCUT2D eigenvalue weighted by Gasteiger charge is -2.32. The maximum Gasteiger partial charge on any atom is 0.251 e. The molecule has 1 aromatic carbocycles. The van der Waals surface area contributed by atoms with Crippen LogP contribution in [-0.2, 0) is 0 Å². The first-order chi connectivity index (χ1) is 13.3. The normalized spacial score (nSPS) is 17.5. The maximum absolute atomic E-state index is 12.0. The van der Waals surface area contributed by atoms with E-state index in [9.17, 15) is 4.79 Å². The van der Waals surface area contributed by atoms with Crippen LogP contribution in [0.4, 0.5) is 0 Å². The van der Waals surface area contributed by atoms with Gasteiger partial charge in [0.25, 0.3) is 5.91 Å². The Morgan fingerprint density at radius 1 is 1.29 bits per heavy atom. The molecule has 3 rings (SSSR count). The number of carbonyl (C=O) groups is 1. The number of carbonyl (C=O) groups excluding carboxylic acids is 1. The van der Waals surface area contributed by atoms with Crippen LogP contribution in [0.2, 0.25) is 0 Å².